The molecular weight excluding hydrogens is 470 g/mol. The molecule has 0 fully saturated rings. The minimum atomic E-state index is 0.0302. The van der Waals surface area contributed by atoms with Crippen molar-refractivity contribution in [1.82, 2.24) is 4.90 Å². The molecule has 1 atom stereocenters. The van der Waals surface area contributed by atoms with Crippen LogP contribution < -0.4 is 0 Å². The van der Waals surface area contributed by atoms with E-state index in [0.29, 0.717) is 6.42 Å². The molecule has 0 amide bonds. The number of carbonyl (C=O) groups is 1. The molecule has 38 heavy (non-hydrogen) atoms. The molecule has 228 valence electrons. The van der Waals surface area contributed by atoms with Crippen LogP contribution in [0.3, 0.4) is 0 Å². The zero-order valence-corrected chi connectivity index (χ0v) is 26.3. The normalized spacial score (nSPS) is 12.3. The minimum absolute atomic E-state index is 0.0302. The number of hydrogen-bond acceptors (Lipinski definition) is 4. The van der Waals surface area contributed by atoms with E-state index < -0.39 is 0 Å². The first-order valence-electron chi connectivity index (χ1n) is 17.2. The topological polar surface area (TPSA) is 49.8 Å². The van der Waals surface area contributed by atoms with Crippen LogP contribution in [-0.2, 0) is 9.53 Å². The highest BCUT2D eigenvalue weighted by Crippen LogP contribution is 2.18. The van der Waals surface area contributed by atoms with Crippen molar-refractivity contribution in [1.29, 1.82) is 0 Å². The molecule has 0 radical (unpaired) electrons. The van der Waals surface area contributed by atoms with Gasteiger partial charge >= 0.3 is 5.97 Å². The average molecular weight is 540 g/mol. The summed E-state index contributed by atoms with van der Waals surface area (Å²) in [6.07, 6.45) is 30.6. The molecule has 0 bridgehead atoms. The summed E-state index contributed by atoms with van der Waals surface area (Å²) in [6, 6.07) is 0. The number of aliphatic hydroxyl groups excluding tert-OH is 1. The summed E-state index contributed by atoms with van der Waals surface area (Å²) >= 11 is 0. The lowest BCUT2D eigenvalue weighted by Gasteiger charge is -2.21. The molecule has 0 aliphatic carbocycles. The van der Waals surface area contributed by atoms with Gasteiger partial charge in [0.15, 0.2) is 0 Å². The van der Waals surface area contributed by atoms with Crippen LogP contribution >= 0.6 is 0 Å². The van der Waals surface area contributed by atoms with Gasteiger partial charge < -0.3 is 14.7 Å². The Morgan fingerprint density at radius 2 is 0.947 bits per heavy atom. The second-order valence-corrected chi connectivity index (χ2v) is 11.7. The van der Waals surface area contributed by atoms with Crippen LogP contribution in [0.1, 0.15) is 181 Å². The fourth-order valence-corrected chi connectivity index (χ4v) is 5.36. The molecular formula is C34H69NO3. The van der Waals surface area contributed by atoms with E-state index in [0.717, 1.165) is 45.3 Å². The molecule has 1 unspecified atom stereocenters. The van der Waals surface area contributed by atoms with Gasteiger partial charge in [-0.15, -0.1) is 0 Å². The van der Waals surface area contributed by atoms with Crippen molar-refractivity contribution in [2.24, 2.45) is 0 Å². The molecule has 0 aliphatic heterocycles. The van der Waals surface area contributed by atoms with E-state index in [-0.39, 0.29) is 18.7 Å². The largest absolute Gasteiger partial charge is 0.462 e. The van der Waals surface area contributed by atoms with Crippen LogP contribution in [0.4, 0.5) is 0 Å². The monoisotopic (exact) mass is 540 g/mol. The van der Waals surface area contributed by atoms with Gasteiger partial charge in [0.05, 0.1) is 6.61 Å². The first-order chi connectivity index (χ1) is 18.7. The van der Waals surface area contributed by atoms with Crippen LogP contribution in [0.2, 0.25) is 0 Å². The lowest BCUT2D eigenvalue weighted by atomic mass is 10.0. The standard InChI is InChI=1S/C34H69NO3/c1-4-7-10-13-17-22-27-33(26-21-16-12-9-6-3)38-34(37)28-23-18-15-20-25-30-35(31-32-36)29-24-19-14-11-8-5-2/h33,36H,4-32H2,1-3H3. The highest BCUT2D eigenvalue weighted by atomic mass is 16.5. The van der Waals surface area contributed by atoms with Crippen molar-refractivity contribution in [2.45, 2.75) is 187 Å². The summed E-state index contributed by atoms with van der Waals surface area (Å²) < 4.78 is 5.97. The predicted octanol–water partition coefficient (Wildman–Crippen LogP) is 10.0. The van der Waals surface area contributed by atoms with E-state index in [1.807, 2.05) is 0 Å². The van der Waals surface area contributed by atoms with Gasteiger partial charge in [-0.1, -0.05) is 130 Å². The minimum Gasteiger partial charge on any atom is -0.462 e. The highest BCUT2D eigenvalue weighted by molar-refractivity contribution is 5.69. The summed E-state index contributed by atoms with van der Waals surface area (Å²) in [6.45, 7) is 10.1. The molecule has 4 nitrogen and oxygen atoms in total. The van der Waals surface area contributed by atoms with Crippen molar-refractivity contribution in [3.05, 3.63) is 0 Å². The van der Waals surface area contributed by atoms with E-state index in [1.54, 1.807) is 0 Å². The first-order valence-corrected chi connectivity index (χ1v) is 17.2. The van der Waals surface area contributed by atoms with E-state index in [2.05, 4.69) is 25.7 Å². The summed E-state index contributed by atoms with van der Waals surface area (Å²) in [5.41, 5.74) is 0. The average Bonchev–Trinajstić information content (AvgIpc) is 2.91. The third-order valence-corrected chi connectivity index (χ3v) is 7.91. The quantitative estimate of drug-likeness (QED) is 0.0703. The van der Waals surface area contributed by atoms with Gasteiger partial charge in [0.25, 0.3) is 0 Å². The maximum atomic E-state index is 12.5. The zero-order valence-electron chi connectivity index (χ0n) is 26.3. The number of ether oxygens (including phenoxy) is 1. The van der Waals surface area contributed by atoms with Crippen molar-refractivity contribution in [3.63, 3.8) is 0 Å². The van der Waals surface area contributed by atoms with Crippen molar-refractivity contribution in [2.75, 3.05) is 26.2 Å². The molecule has 0 aromatic heterocycles. The van der Waals surface area contributed by atoms with Crippen molar-refractivity contribution < 1.29 is 14.6 Å². The first kappa shape index (κ1) is 37.4. The fraction of sp³-hybridized carbons (Fsp3) is 0.971. The molecule has 1 N–H and O–H groups in total. The molecule has 0 aromatic carbocycles. The second kappa shape index (κ2) is 30.9. The number of esters is 1. The third kappa shape index (κ3) is 27.0. The number of rotatable bonds is 31. The molecule has 0 saturated heterocycles. The summed E-state index contributed by atoms with van der Waals surface area (Å²) in [4.78, 5) is 15.0. The van der Waals surface area contributed by atoms with Gasteiger partial charge in [0, 0.05) is 13.0 Å². The Morgan fingerprint density at radius 3 is 1.39 bits per heavy atom. The lowest BCUT2D eigenvalue weighted by Crippen LogP contribution is -2.29. The third-order valence-electron chi connectivity index (χ3n) is 7.91. The Hall–Kier alpha value is -0.610. The molecule has 4 heteroatoms. The van der Waals surface area contributed by atoms with Gasteiger partial charge in [-0.25, -0.2) is 0 Å². The van der Waals surface area contributed by atoms with E-state index in [9.17, 15) is 9.90 Å². The number of aliphatic hydroxyl groups is 1. The van der Waals surface area contributed by atoms with Crippen molar-refractivity contribution >= 4 is 5.97 Å². The van der Waals surface area contributed by atoms with E-state index in [1.165, 1.54) is 128 Å². The van der Waals surface area contributed by atoms with Crippen molar-refractivity contribution in [3.8, 4) is 0 Å². The Balaban J connectivity index is 4.01. The van der Waals surface area contributed by atoms with Gasteiger partial charge in [-0.05, 0) is 58.0 Å². The smallest absolute Gasteiger partial charge is 0.306 e. The van der Waals surface area contributed by atoms with Gasteiger partial charge in [-0.3, -0.25) is 4.79 Å². The molecule has 0 aromatic rings. The number of nitrogens with zero attached hydrogens (tertiary/aromatic N) is 1. The Morgan fingerprint density at radius 1 is 0.553 bits per heavy atom. The summed E-state index contributed by atoms with van der Waals surface area (Å²) in [5, 5.41) is 9.38. The zero-order chi connectivity index (χ0) is 27.9. The van der Waals surface area contributed by atoms with Gasteiger partial charge in [0.1, 0.15) is 6.10 Å². The van der Waals surface area contributed by atoms with Crippen LogP contribution in [0.5, 0.6) is 0 Å². The molecule has 0 aliphatic rings. The van der Waals surface area contributed by atoms with Crippen LogP contribution in [0.15, 0.2) is 0 Å². The SMILES string of the molecule is CCCCCCCCC(CCCCCCC)OC(=O)CCCCCCCN(CCO)CCCCCCCC. The molecule has 0 rings (SSSR count). The molecule has 0 spiro atoms. The number of unbranched alkanes of at least 4 members (excludes halogenated alkanes) is 18. The summed E-state index contributed by atoms with van der Waals surface area (Å²) in [5.74, 6) is 0.0302. The van der Waals surface area contributed by atoms with E-state index >= 15 is 0 Å². The van der Waals surface area contributed by atoms with Gasteiger partial charge in [0.2, 0.25) is 0 Å². The summed E-state index contributed by atoms with van der Waals surface area (Å²) in [7, 11) is 0. The number of carbonyl (C=O) groups excluding carboxylic acids is 1. The Labute approximate surface area is 239 Å². The van der Waals surface area contributed by atoms with Crippen LogP contribution in [0.25, 0.3) is 0 Å². The Kier molecular flexibility index (Phi) is 30.4. The van der Waals surface area contributed by atoms with E-state index in [4.69, 9.17) is 4.74 Å². The highest BCUT2D eigenvalue weighted by Gasteiger charge is 2.14. The fourth-order valence-electron chi connectivity index (χ4n) is 5.36. The molecule has 0 saturated carbocycles. The predicted molar refractivity (Wildman–Crippen MR) is 166 cm³/mol. The lowest BCUT2D eigenvalue weighted by molar-refractivity contribution is -0.150. The van der Waals surface area contributed by atoms with Crippen LogP contribution in [-0.4, -0.2) is 48.3 Å². The maximum Gasteiger partial charge on any atom is 0.306 e. The molecule has 0 heterocycles. The Bertz CT molecular complexity index is 471. The maximum absolute atomic E-state index is 12.5. The number of hydrogen-bond donors (Lipinski definition) is 1. The van der Waals surface area contributed by atoms with Gasteiger partial charge in [-0.2, -0.15) is 0 Å². The second-order valence-electron chi connectivity index (χ2n) is 11.7. The van der Waals surface area contributed by atoms with Crippen LogP contribution in [0, 0.1) is 0 Å².